The molecule has 0 radical (unpaired) electrons. The number of aromatic nitrogens is 2. The number of carbonyl (C=O) groups is 1. The number of aliphatic hydroxyl groups excluding tert-OH is 1. The van der Waals surface area contributed by atoms with Crippen molar-refractivity contribution in [3.8, 4) is 0 Å². The van der Waals surface area contributed by atoms with Gasteiger partial charge in [-0.15, -0.1) is 0 Å². The number of anilines is 1. The normalized spacial score (nSPS) is 16.9. The second-order valence-corrected chi connectivity index (χ2v) is 5.27. The van der Waals surface area contributed by atoms with Gasteiger partial charge in [-0.2, -0.15) is 0 Å². The molecule has 1 amide bonds. The Labute approximate surface area is 123 Å². The van der Waals surface area contributed by atoms with E-state index in [0.717, 1.165) is 11.3 Å². The summed E-state index contributed by atoms with van der Waals surface area (Å²) in [5, 5.41) is 9.51. The molecule has 1 aromatic carbocycles. The van der Waals surface area contributed by atoms with Gasteiger partial charge in [0.25, 0.3) is 5.91 Å². The highest BCUT2D eigenvalue weighted by Gasteiger charge is 2.32. The fraction of sp³-hybridized carbons (Fsp3) is 0.312. The molecule has 0 bridgehead atoms. The number of nitrogens with zero attached hydrogens (tertiary/aromatic N) is 3. The molecule has 0 spiro atoms. The van der Waals surface area contributed by atoms with Crippen LogP contribution in [0.3, 0.4) is 0 Å². The molecule has 0 fully saturated rings. The van der Waals surface area contributed by atoms with E-state index in [0.29, 0.717) is 23.6 Å². The summed E-state index contributed by atoms with van der Waals surface area (Å²) in [6.07, 6.45) is 1.58. The SMILES string of the molecule is Cc1ncc(C(=O)N2CC(CO)c3ccccc32)c(C)n1. The van der Waals surface area contributed by atoms with E-state index in [4.69, 9.17) is 0 Å². The molecule has 5 heteroatoms. The quantitative estimate of drug-likeness (QED) is 0.913. The number of hydrogen-bond acceptors (Lipinski definition) is 4. The zero-order valence-corrected chi connectivity index (χ0v) is 12.1. The number of amides is 1. The van der Waals surface area contributed by atoms with Crippen molar-refractivity contribution in [2.45, 2.75) is 19.8 Å². The first-order valence-corrected chi connectivity index (χ1v) is 6.93. The number of aryl methyl sites for hydroxylation is 2. The summed E-state index contributed by atoms with van der Waals surface area (Å²) in [5.74, 6) is 0.506. The van der Waals surface area contributed by atoms with Crippen molar-refractivity contribution < 1.29 is 9.90 Å². The molecule has 1 aromatic heterocycles. The van der Waals surface area contributed by atoms with Crippen LogP contribution in [0.2, 0.25) is 0 Å². The lowest BCUT2D eigenvalue weighted by molar-refractivity contribution is 0.0985. The van der Waals surface area contributed by atoms with E-state index < -0.39 is 0 Å². The lowest BCUT2D eigenvalue weighted by Gasteiger charge is -2.18. The molecule has 2 aromatic rings. The number of aliphatic hydroxyl groups is 1. The highest BCUT2D eigenvalue weighted by molar-refractivity contribution is 6.08. The molecular weight excluding hydrogens is 266 g/mol. The molecule has 0 saturated carbocycles. The maximum atomic E-state index is 12.8. The number of rotatable bonds is 2. The van der Waals surface area contributed by atoms with Gasteiger partial charge in [-0.1, -0.05) is 18.2 Å². The van der Waals surface area contributed by atoms with Crippen LogP contribution in [0.1, 0.15) is 33.4 Å². The minimum atomic E-state index is -0.115. The average molecular weight is 283 g/mol. The molecule has 1 N–H and O–H groups in total. The Bertz CT molecular complexity index is 700. The van der Waals surface area contributed by atoms with Crippen LogP contribution in [0.25, 0.3) is 0 Å². The first kappa shape index (κ1) is 13.7. The fourth-order valence-corrected chi connectivity index (χ4v) is 2.78. The Morgan fingerprint density at radius 1 is 1.38 bits per heavy atom. The number of carbonyl (C=O) groups excluding carboxylic acids is 1. The Hall–Kier alpha value is -2.27. The van der Waals surface area contributed by atoms with Gasteiger partial charge in [0.1, 0.15) is 5.82 Å². The van der Waals surface area contributed by atoms with Crippen molar-refractivity contribution in [2.75, 3.05) is 18.1 Å². The van der Waals surface area contributed by atoms with E-state index in [-0.39, 0.29) is 18.4 Å². The van der Waals surface area contributed by atoms with Crippen LogP contribution >= 0.6 is 0 Å². The number of para-hydroxylation sites is 1. The van der Waals surface area contributed by atoms with Gasteiger partial charge in [0, 0.05) is 24.3 Å². The fourth-order valence-electron chi connectivity index (χ4n) is 2.78. The molecule has 108 valence electrons. The van der Waals surface area contributed by atoms with E-state index in [1.807, 2.05) is 31.2 Å². The first-order chi connectivity index (χ1) is 10.1. The van der Waals surface area contributed by atoms with E-state index in [1.165, 1.54) is 0 Å². The average Bonchev–Trinajstić information content (AvgIpc) is 2.85. The second kappa shape index (κ2) is 5.26. The predicted molar refractivity (Wildman–Crippen MR) is 79.5 cm³/mol. The van der Waals surface area contributed by atoms with Gasteiger partial charge < -0.3 is 10.0 Å². The maximum absolute atomic E-state index is 12.8. The third kappa shape index (κ3) is 2.29. The highest BCUT2D eigenvalue weighted by Crippen LogP contribution is 2.36. The molecule has 2 heterocycles. The van der Waals surface area contributed by atoms with E-state index in [9.17, 15) is 9.90 Å². The van der Waals surface area contributed by atoms with Crippen LogP contribution in [0, 0.1) is 13.8 Å². The van der Waals surface area contributed by atoms with Gasteiger partial charge in [-0.05, 0) is 25.5 Å². The third-order valence-electron chi connectivity index (χ3n) is 3.87. The van der Waals surface area contributed by atoms with Crippen LogP contribution in [0.4, 0.5) is 5.69 Å². The van der Waals surface area contributed by atoms with Gasteiger partial charge in [-0.25, -0.2) is 9.97 Å². The summed E-state index contributed by atoms with van der Waals surface area (Å²) in [5.41, 5.74) is 3.06. The third-order valence-corrected chi connectivity index (χ3v) is 3.87. The van der Waals surface area contributed by atoms with Crippen molar-refractivity contribution in [3.05, 3.63) is 53.1 Å². The first-order valence-electron chi connectivity index (χ1n) is 6.93. The van der Waals surface area contributed by atoms with Gasteiger partial charge in [0.05, 0.1) is 17.9 Å². The Morgan fingerprint density at radius 2 is 2.14 bits per heavy atom. The maximum Gasteiger partial charge on any atom is 0.261 e. The highest BCUT2D eigenvalue weighted by atomic mass is 16.3. The second-order valence-electron chi connectivity index (χ2n) is 5.27. The number of benzene rings is 1. The molecule has 1 aliphatic rings. The Kier molecular flexibility index (Phi) is 3.43. The number of fused-ring (bicyclic) bond motifs is 1. The molecular formula is C16H17N3O2. The van der Waals surface area contributed by atoms with Gasteiger partial charge in [-0.3, -0.25) is 4.79 Å². The molecule has 1 unspecified atom stereocenters. The van der Waals surface area contributed by atoms with Crippen molar-refractivity contribution >= 4 is 11.6 Å². The zero-order chi connectivity index (χ0) is 15.0. The monoisotopic (exact) mass is 283 g/mol. The molecule has 0 saturated heterocycles. The van der Waals surface area contributed by atoms with Gasteiger partial charge in [0.15, 0.2) is 0 Å². The van der Waals surface area contributed by atoms with Crippen LogP contribution in [-0.2, 0) is 0 Å². The molecule has 1 aliphatic heterocycles. The van der Waals surface area contributed by atoms with Crippen molar-refractivity contribution in [2.24, 2.45) is 0 Å². The minimum Gasteiger partial charge on any atom is -0.396 e. The smallest absolute Gasteiger partial charge is 0.261 e. The molecule has 0 aliphatic carbocycles. The van der Waals surface area contributed by atoms with Gasteiger partial charge >= 0.3 is 0 Å². The summed E-state index contributed by atoms with van der Waals surface area (Å²) < 4.78 is 0. The Morgan fingerprint density at radius 3 is 2.86 bits per heavy atom. The largest absolute Gasteiger partial charge is 0.396 e. The van der Waals surface area contributed by atoms with E-state index in [1.54, 1.807) is 18.0 Å². The molecule has 21 heavy (non-hydrogen) atoms. The summed E-state index contributed by atoms with van der Waals surface area (Å²) in [6, 6.07) is 7.70. The van der Waals surface area contributed by atoms with Crippen molar-refractivity contribution in [3.63, 3.8) is 0 Å². The van der Waals surface area contributed by atoms with Crippen LogP contribution in [0.5, 0.6) is 0 Å². The van der Waals surface area contributed by atoms with Crippen LogP contribution in [-0.4, -0.2) is 34.1 Å². The lowest BCUT2D eigenvalue weighted by atomic mass is 10.0. The van der Waals surface area contributed by atoms with Gasteiger partial charge in [0.2, 0.25) is 0 Å². The van der Waals surface area contributed by atoms with Crippen molar-refractivity contribution in [1.29, 1.82) is 0 Å². The minimum absolute atomic E-state index is 0.0307. The zero-order valence-electron chi connectivity index (χ0n) is 12.1. The number of hydrogen-bond donors (Lipinski definition) is 1. The molecule has 3 rings (SSSR count). The molecule has 1 atom stereocenters. The molecule has 5 nitrogen and oxygen atoms in total. The van der Waals surface area contributed by atoms with Crippen molar-refractivity contribution in [1.82, 2.24) is 9.97 Å². The standard InChI is InChI=1S/C16H17N3O2/c1-10-14(7-17-11(2)18-10)16(21)19-8-12(9-20)13-5-3-4-6-15(13)19/h3-7,12,20H,8-9H2,1-2H3. The summed E-state index contributed by atoms with van der Waals surface area (Å²) >= 11 is 0. The summed E-state index contributed by atoms with van der Waals surface area (Å²) in [4.78, 5) is 22.8. The van der Waals surface area contributed by atoms with Crippen LogP contribution < -0.4 is 4.90 Å². The van der Waals surface area contributed by atoms with E-state index >= 15 is 0 Å². The summed E-state index contributed by atoms with van der Waals surface area (Å²) in [6.45, 7) is 4.13. The van der Waals surface area contributed by atoms with E-state index in [2.05, 4.69) is 9.97 Å². The van der Waals surface area contributed by atoms with Crippen LogP contribution in [0.15, 0.2) is 30.5 Å². The lowest BCUT2D eigenvalue weighted by Crippen LogP contribution is -2.31. The topological polar surface area (TPSA) is 66.3 Å². The summed E-state index contributed by atoms with van der Waals surface area (Å²) in [7, 11) is 0. The Balaban J connectivity index is 2.00. The predicted octanol–water partition coefficient (Wildman–Crippen LogP) is 1.83.